The van der Waals surface area contributed by atoms with E-state index in [2.05, 4.69) is 10.3 Å². The molecule has 0 bridgehead atoms. The lowest BCUT2D eigenvalue weighted by atomic mass is 10.2. The van der Waals surface area contributed by atoms with Gasteiger partial charge >= 0.3 is 0 Å². The predicted molar refractivity (Wildman–Crippen MR) is 87.9 cm³/mol. The van der Waals surface area contributed by atoms with Crippen molar-refractivity contribution in [3.63, 3.8) is 0 Å². The Kier molecular flexibility index (Phi) is 5.33. The predicted octanol–water partition coefficient (Wildman–Crippen LogP) is 3.24. The van der Waals surface area contributed by atoms with E-state index in [1.54, 1.807) is 0 Å². The molecule has 0 fully saturated rings. The number of rotatable bonds is 5. The van der Waals surface area contributed by atoms with Gasteiger partial charge in [-0.3, -0.25) is 4.79 Å². The number of nitrogens with two attached hydrogens (primary N) is 1. The van der Waals surface area contributed by atoms with Gasteiger partial charge in [0.2, 0.25) is 0 Å². The topological polar surface area (TPSA) is 68.0 Å². The van der Waals surface area contributed by atoms with Gasteiger partial charge in [-0.25, -0.2) is 4.98 Å². The molecule has 112 valence electrons. The minimum atomic E-state index is -0.0918. The Labute approximate surface area is 133 Å². The number of hydrogen-bond acceptors (Lipinski definition) is 4. The second kappa shape index (κ2) is 7.02. The summed E-state index contributed by atoms with van der Waals surface area (Å²) in [5.41, 5.74) is 7.37. The summed E-state index contributed by atoms with van der Waals surface area (Å²) in [6, 6.07) is 7.51. The Hall–Kier alpha value is -1.43. The van der Waals surface area contributed by atoms with E-state index in [1.807, 2.05) is 38.1 Å². The first-order valence-corrected chi connectivity index (χ1v) is 7.94. The highest BCUT2D eigenvalue weighted by Crippen LogP contribution is 2.28. The average Bonchev–Trinajstić information content (AvgIpc) is 2.81. The van der Waals surface area contributed by atoms with Gasteiger partial charge in [0.25, 0.3) is 5.91 Å². The molecule has 0 radical (unpaired) electrons. The largest absolute Gasteiger partial charge is 0.351 e. The van der Waals surface area contributed by atoms with Gasteiger partial charge in [-0.2, -0.15) is 0 Å². The monoisotopic (exact) mass is 323 g/mol. The molecule has 21 heavy (non-hydrogen) atoms. The molecule has 2 rings (SSSR count). The number of aryl methyl sites for hydroxylation is 1. The molecule has 1 unspecified atom stereocenters. The minimum absolute atomic E-state index is 0.0810. The SMILES string of the molecule is Cc1nc(-c2ccc(Cl)cc2)sc1C(=O)NCCC(C)N. The molecule has 6 heteroatoms. The first-order valence-electron chi connectivity index (χ1n) is 6.74. The summed E-state index contributed by atoms with van der Waals surface area (Å²) in [6.45, 7) is 4.34. The van der Waals surface area contributed by atoms with Gasteiger partial charge in [0, 0.05) is 23.2 Å². The van der Waals surface area contributed by atoms with E-state index >= 15 is 0 Å². The van der Waals surface area contributed by atoms with Gasteiger partial charge in [-0.05, 0) is 32.4 Å². The molecule has 1 aromatic heterocycles. The molecular formula is C15H18ClN3OS. The highest BCUT2D eigenvalue weighted by molar-refractivity contribution is 7.17. The fourth-order valence-corrected chi connectivity index (χ4v) is 2.93. The number of amides is 1. The highest BCUT2D eigenvalue weighted by Gasteiger charge is 2.15. The fourth-order valence-electron chi connectivity index (χ4n) is 1.82. The van der Waals surface area contributed by atoms with Gasteiger partial charge in [-0.1, -0.05) is 23.7 Å². The molecule has 4 nitrogen and oxygen atoms in total. The Bertz CT molecular complexity index is 622. The molecule has 3 N–H and O–H groups in total. The molecule has 0 aliphatic rings. The third-order valence-electron chi connectivity index (χ3n) is 2.98. The number of nitrogens with zero attached hydrogens (tertiary/aromatic N) is 1. The zero-order valence-corrected chi connectivity index (χ0v) is 13.6. The summed E-state index contributed by atoms with van der Waals surface area (Å²) in [5.74, 6) is -0.0918. The maximum absolute atomic E-state index is 12.1. The van der Waals surface area contributed by atoms with E-state index in [1.165, 1.54) is 11.3 Å². The standard InChI is InChI=1S/C15H18ClN3OS/c1-9(17)7-8-18-14(20)13-10(2)19-15(21-13)11-3-5-12(16)6-4-11/h3-6,9H,7-8,17H2,1-2H3,(H,18,20). The molecule has 1 heterocycles. The number of hydrogen-bond donors (Lipinski definition) is 2. The molecule has 0 aliphatic heterocycles. The number of aromatic nitrogens is 1. The summed E-state index contributed by atoms with van der Waals surface area (Å²) < 4.78 is 0. The molecule has 1 aromatic carbocycles. The van der Waals surface area contributed by atoms with E-state index in [9.17, 15) is 4.79 Å². The van der Waals surface area contributed by atoms with Crippen LogP contribution in [0, 0.1) is 6.92 Å². The number of benzene rings is 1. The normalized spacial score (nSPS) is 12.2. The zero-order valence-electron chi connectivity index (χ0n) is 12.0. The van der Waals surface area contributed by atoms with Crippen LogP contribution < -0.4 is 11.1 Å². The van der Waals surface area contributed by atoms with Crippen molar-refractivity contribution < 1.29 is 4.79 Å². The van der Waals surface area contributed by atoms with E-state index in [4.69, 9.17) is 17.3 Å². The van der Waals surface area contributed by atoms with Crippen molar-refractivity contribution >= 4 is 28.8 Å². The Morgan fingerprint density at radius 2 is 2.10 bits per heavy atom. The summed E-state index contributed by atoms with van der Waals surface area (Å²) in [7, 11) is 0. The van der Waals surface area contributed by atoms with Crippen LogP contribution in [0.5, 0.6) is 0 Å². The Morgan fingerprint density at radius 3 is 2.71 bits per heavy atom. The van der Waals surface area contributed by atoms with Crippen molar-refractivity contribution in [2.75, 3.05) is 6.54 Å². The molecular weight excluding hydrogens is 306 g/mol. The lowest BCUT2D eigenvalue weighted by Crippen LogP contribution is -2.28. The van der Waals surface area contributed by atoms with Gasteiger partial charge in [-0.15, -0.1) is 11.3 Å². The van der Waals surface area contributed by atoms with Crippen molar-refractivity contribution in [1.82, 2.24) is 10.3 Å². The van der Waals surface area contributed by atoms with Crippen LogP contribution in [0.25, 0.3) is 10.6 Å². The van der Waals surface area contributed by atoms with Gasteiger partial charge in [0.15, 0.2) is 0 Å². The van der Waals surface area contributed by atoms with E-state index < -0.39 is 0 Å². The molecule has 0 spiro atoms. The summed E-state index contributed by atoms with van der Waals surface area (Å²) >= 11 is 7.27. The Morgan fingerprint density at radius 1 is 1.43 bits per heavy atom. The van der Waals surface area contributed by atoms with Crippen LogP contribution in [0.3, 0.4) is 0 Å². The van der Waals surface area contributed by atoms with Crippen LogP contribution in [-0.2, 0) is 0 Å². The molecule has 0 saturated heterocycles. The number of carbonyl (C=O) groups is 1. The first kappa shape index (κ1) is 15.9. The second-order valence-electron chi connectivity index (χ2n) is 4.96. The third-order valence-corrected chi connectivity index (χ3v) is 4.44. The van der Waals surface area contributed by atoms with Crippen LogP contribution in [0.4, 0.5) is 0 Å². The summed E-state index contributed by atoms with van der Waals surface area (Å²) in [4.78, 5) is 17.3. The lowest BCUT2D eigenvalue weighted by Gasteiger charge is -2.06. The van der Waals surface area contributed by atoms with E-state index in [0.717, 1.165) is 22.7 Å². The maximum atomic E-state index is 12.1. The van der Waals surface area contributed by atoms with Gasteiger partial charge < -0.3 is 11.1 Å². The van der Waals surface area contributed by atoms with Crippen molar-refractivity contribution in [1.29, 1.82) is 0 Å². The third kappa shape index (κ3) is 4.27. The van der Waals surface area contributed by atoms with Crippen LogP contribution >= 0.6 is 22.9 Å². The van der Waals surface area contributed by atoms with Crippen molar-refractivity contribution in [3.8, 4) is 10.6 Å². The fraction of sp³-hybridized carbons (Fsp3) is 0.333. The number of nitrogens with one attached hydrogen (secondary N) is 1. The van der Waals surface area contributed by atoms with Crippen molar-refractivity contribution in [2.45, 2.75) is 26.3 Å². The van der Waals surface area contributed by atoms with Gasteiger partial charge in [0.05, 0.1) is 5.69 Å². The summed E-state index contributed by atoms with van der Waals surface area (Å²) in [5, 5.41) is 4.38. The molecule has 0 saturated carbocycles. The lowest BCUT2D eigenvalue weighted by molar-refractivity contribution is 0.0956. The van der Waals surface area contributed by atoms with Crippen LogP contribution in [0.15, 0.2) is 24.3 Å². The highest BCUT2D eigenvalue weighted by atomic mass is 35.5. The maximum Gasteiger partial charge on any atom is 0.263 e. The summed E-state index contributed by atoms with van der Waals surface area (Å²) in [6.07, 6.45) is 0.758. The molecule has 0 aliphatic carbocycles. The minimum Gasteiger partial charge on any atom is -0.351 e. The van der Waals surface area contributed by atoms with Crippen LogP contribution in [-0.4, -0.2) is 23.5 Å². The quantitative estimate of drug-likeness (QED) is 0.887. The molecule has 1 amide bonds. The molecule has 2 aromatic rings. The Balaban J connectivity index is 2.11. The van der Waals surface area contributed by atoms with E-state index in [0.29, 0.717) is 16.4 Å². The number of carbonyl (C=O) groups excluding carboxylic acids is 1. The van der Waals surface area contributed by atoms with Crippen molar-refractivity contribution in [3.05, 3.63) is 39.9 Å². The number of thiazole rings is 1. The zero-order chi connectivity index (χ0) is 15.4. The first-order chi connectivity index (χ1) is 9.97. The average molecular weight is 324 g/mol. The van der Waals surface area contributed by atoms with Gasteiger partial charge in [0.1, 0.15) is 9.88 Å². The van der Waals surface area contributed by atoms with Crippen LogP contribution in [0.2, 0.25) is 5.02 Å². The van der Waals surface area contributed by atoms with E-state index in [-0.39, 0.29) is 11.9 Å². The van der Waals surface area contributed by atoms with Crippen LogP contribution in [0.1, 0.15) is 28.7 Å². The van der Waals surface area contributed by atoms with Crippen molar-refractivity contribution in [2.24, 2.45) is 5.73 Å². The molecule has 1 atom stereocenters. The number of halogens is 1. The second-order valence-corrected chi connectivity index (χ2v) is 6.40. The smallest absolute Gasteiger partial charge is 0.263 e.